The van der Waals surface area contributed by atoms with Crippen LogP contribution in [0.15, 0.2) is 17.6 Å². The number of nitrogen functional groups attached to an aromatic ring is 1. The molecule has 1 aromatic rings. The van der Waals surface area contributed by atoms with Gasteiger partial charge in [-0.3, -0.25) is 0 Å². The number of hydrogen-bond acceptors (Lipinski definition) is 4. The first-order valence-electron chi connectivity index (χ1n) is 6.99. The molecule has 1 saturated heterocycles. The third kappa shape index (κ3) is 3.02. The van der Waals surface area contributed by atoms with E-state index >= 15 is 0 Å². The molecule has 120 valence electrons. The molecule has 1 aromatic carbocycles. The van der Waals surface area contributed by atoms with Gasteiger partial charge in [0.05, 0.1) is 16.9 Å². The van der Waals surface area contributed by atoms with Crippen LogP contribution < -0.4 is 5.73 Å². The normalized spacial score (nSPS) is 20.5. The summed E-state index contributed by atoms with van der Waals surface area (Å²) in [6.07, 6.45) is 1.36. The summed E-state index contributed by atoms with van der Waals surface area (Å²) in [5.41, 5.74) is 4.64. The molecule has 0 saturated carbocycles. The first-order chi connectivity index (χ1) is 10.1. The maximum absolute atomic E-state index is 14.0. The van der Waals surface area contributed by atoms with Gasteiger partial charge in [0.2, 0.25) is 0 Å². The lowest BCUT2D eigenvalue weighted by molar-refractivity contribution is 0.00578. The van der Waals surface area contributed by atoms with Gasteiger partial charge in [0.15, 0.2) is 5.82 Å². The van der Waals surface area contributed by atoms with Crippen LogP contribution in [0.25, 0.3) is 6.08 Å². The molecule has 1 aliphatic rings. The van der Waals surface area contributed by atoms with Gasteiger partial charge in [0, 0.05) is 11.3 Å². The van der Waals surface area contributed by atoms with E-state index in [1.807, 2.05) is 27.7 Å². The lowest BCUT2D eigenvalue weighted by Gasteiger charge is -2.32. The standard InChI is InChI=1S/C15H20BF2NO2S/c1-14(2)15(3,4)21-16(20-14)9(8-22)7-10-11(17)5-6-12(19)13(10)18/h5-7,22H,8,19H2,1-4H3. The van der Waals surface area contributed by atoms with Gasteiger partial charge < -0.3 is 15.0 Å². The van der Waals surface area contributed by atoms with E-state index in [0.29, 0.717) is 5.47 Å². The molecule has 0 aliphatic carbocycles. The number of hydrogen-bond donors (Lipinski definition) is 2. The number of thiol groups is 1. The van der Waals surface area contributed by atoms with Gasteiger partial charge in [-0.15, -0.1) is 0 Å². The van der Waals surface area contributed by atoms with Crippen molar-refractivity contribution in [3.05, 3.63) is 34.8 Å². The number of benzene rings is 1. The Labute approximate surface area is 135 Å². The second kappa shape index (κ2) is 5.87. The van der Waals surface area contributed by atoms with E-state index in [4.69, 9.17) is 15.0 Å². The van der Waals surface area contributed by atoms with Crippen LogP contribution in [0.1, 0.15) is 33.3 Å². The summed E-state index contributed by atoms with van der Waals surface area (Å²) in [4.78, 5) is 0. The minimum Gasteiger partial charge on any atom is -0.400 e. The second-order valence-electron chi connectivity index (χ2n) is 6.33. The average molecular weight is 327 g/mol. The molecule has 22 heavy (non-hydrogen) atoms. The quantitative estimate of drug-likeness (QED) is 0.507. The fraction of sp³-hybridized carbons (Fsp3) is 0.467. The second-order valence-corrected chi connectivity index (χ2v) is 6.65. The molecular weight excluding hydrogens is 307 g/mol. The zero-order valence-corrected chi connectivity index (χ0v) is 14.0. The van der Waals surface area contributed by atoms with Crippen molar-refractivity contribution in [3.8, 4) is 0 Å². The van der Waals surface area contributed by atoms with E-state index in [-0.39, 0.29) is 17.0 Å². The van der Waals surface area contributed by atoms with Crippen molar-refractivity contribution in [1.29, 1.82) is 0 Å². The zero-order valence-electron chi connectivity index (χ0n) is 13.1. The average Bonchev–Trinajstić information content (AvgIpc) is 2.63. The molecule has 2 N–H and O–H groups in total. The Morgan fingerprint density at radius 1 is 1.23 bits per heavy atom. The van der Waals surface area contributed by atoms with Gasteiger partial charge in [-0.25, -0.2) is 8.78 Å². The van der Waals surface area contributed by atoms with Crippen LogP contribution in [-0.4, -0.2) is 24.1 Å². The third-order valence-corrected chi connectivity index (χ3v) is 4.59. The summed E-state index contributed by atoms with van der Waals surface area (Å²) in [5.74, 6) is -1.25. The summed E-state index contributed by atoms with van der Waals surface area (Å²) in [7, 11) is -0.706. The highest BCUT2D eigenvalue weighted by Crippen LogP contribution is 2.39. The summed E-state index contributed by atoms with van der Waals surface area (Å²) in [6, 6.07) is 2.32. The Bertz CT molecular complexity index is 604. The van der Waals surface area contributed by atoms with Crippen molar-refractivity contribution in [3.63, 3.8) is 0 Å². The van der Waals surface area contributed by atoms with Crippen molar-refractivity contribution < 1.29 is 18.1 Å². The first kappa shape index (κ1) is 17.3. The maximum Gasteiger partial charge on any atom is 0.491 e. The summed E-state index contributed by atoms with van der Waals surface area (Å²) < 4.78 is 39.7. The fourth-order valence-electron chi connectivity index (χ4n) is 2.09. The SMILES string of the molecule is CC1(C)OB(C(=Cc2c(F)ccc(N)c2F)CS)OC1(C)C. The molecule has 0 aromatic heterocycles. The topological polar surface area (TPSA) is 44.5 Å². The van der Waals surface area contributed by atoms with E-state index in [0.717, 1.165) is 6.07 Å². The molecule has 0 amide bonds. The van der Waals surface area contributed by atoms with Crippen molar-refractivity contribution >= 4 is 31.5 Å². The number of rotatable bonds is 3. The van der Waals surface area contributed by atoms with Crippen LogP contribution >= 0.6 is 12.6 Å². The fourth-order valence-corrected chi connectivity index (χ4v) is 2.33. The Kier molecular flexibility index (Phi) is 4.62. The third-order valence-electron chi connectivity index (χ3n) is 4.22. The summed E-state index contributed by atoms with van der Waals surface area (Å²) in [6.45, 7) is 7.63. The zero-order chi connectivity index (χ0) is 16.7. The van der Waals surface area contributed by atoms with Crippen LogP contribution in [0, 0.1) is 11.6 Å². The molecule has 7 heteroatoms. The van der Waals surface area contributed by atoms with E-state index in [1.54, 1.807) is 0 Å². The van der Waals surface area contributed by atoms with Crippen LogP contribution in [0.4, 0.5) is 14.5 Å². The minimum atomic E-state index is -0.796. The first-order valence-corrected chi connectivity index (χ1v) is 7.63. The maximum atomic E-state index is 14.0. The smallest absolute Gasteiger partial charge is 0.400 e. The van der Waals surface area contributed by atoms with Gasteiger partial charge in [-0.1, -0.05) is 6.08 Å². The lowest BCUT2D eigenvalue weighted by atomic mass is 9.78. The molecule has 1 aliphatic heterocycles. The molecule has 1 heterocycles. The highest BCUT2D eigenvalue weighted by Gasteiger charge is 2.52. The van der Waals surface area contributed by atoms with Gasteiger partial charge >= 0.3 is 7.12 Å². The minimum absolute atomic E-state index is 0.111. The van der Waals surface area contributed by atoms with Gasteiger partial charge in [0.25, 0.3) is 0 Å². The Balaban J connectivity index is 2.40. The predicted molar refractivity (Wildman–Crippen MR) is 88.7 cm³/mol. The Morgan fingerprint density at radius 2 is 1.77 bits per heavy atom. The highest BCUT2D eigenvalue weighted by molar-refractivity contribution is 7.80. The van der Waals surface area contributed by atoms with Crippen molar-refractivity contribution in [2.45, 2.75) is 38.9 Å². The number of nitrogens with two attached hydrogens (primary N) is 1. The molecule has 0 unspecified atom stereocenters. The van der Waals surface area contributed by atoms with Crippen LogP contribution in [0.3, 0.4) is 0 Å². The van der Waals surface area contributed by atoms with Crippen molar-refractivity contribution in [2.75, 3.05) is 11.5 Å². The Hall–Kier alpha value is -1.05. The number of anilines is 1. The van der Waals surface area contributed by atoms with Crippen LogP contribution in [0.5, 0.6) is 0 Å². The van der Waals surface area contributed by atoms with E-state index < -0.39 is 30.0 Å². The van der Waals surface area contributed by atoms with E-state index in [1.165, 1.54) is 12.1 Å². The van der Waals surface area contributed by atoms with Gasteiger partial charge in [0.1, 0.15) is 5.82 Å². The van der Waals surface area contributed by atoms with Gasteiger partial charge in [-0.05, 0) is 45.3 Å². The summed E-state index contributed by atoms with van der Waals surface area (Å²) in [5, 5.41) is 0. The van der Waals surface area contributed by atoms with E-state index in [2.05, 4.69) is 12.6 Å². The summed E-state index contributed by atoms with van der Waals surface area (Å²) >= 11 is 4.22. The van der Waals surface area contributed by atoms with Gasteiger partial charge in [-0.2, -0.15) is 12.6 Å². The van der Waals surface area contributed by atoms with Crippen molar-refractivity contribution in [1.82, 2.24) is 0 Å². The van der Waals surface area contributed by atoms with E-state index in [9.17, 15) is 8.78 Å². The predicted octanol–water partition coefficient (Wildman–Crippen LogP) is 3.49. The molecule has 0 atom stereocenters. The molecular formula is C15H20BF2NO2S. The molecule has 2 rings (SSSR count). The molecule has 1 fully saturated rings. The highest BCUT2D eigenvalue weighted by atomic mass is 32.1. The molecule has 0 spiro atoms. The van der Waals surface area contributed by atoms with Crippen LogP contribution in [0.2, 0.25) is 0 Å². The van der Waals surface area contributed by atoms with Crippen LogP contribution in [-0.2, 0) is 9.31 Å². The number of halogens is 2. The molecule has 0 radical (unpaired) electrons. The Morgan fingerprint density at radius 3 is 2.27 bits per heavy atom. The molecule has 0 bridgehead atoms. The van der Waals surface area contributed by atoms with Crippen molar-refractivity contribution in [2.24, 2.45) is 0 Å². The molecule has 3 nitrogen and oxygen atoms in total. The largest absolute Gasteiger partial charge is 0.491 e. The lowest BCUT2D eigenvalue weighted by Crippen LogP contribution is -2.41. The monoisotopic (exact) mass is 327 g/mol.